The zero-order valence-corrected chi connectivity index (χ0v) is 14.6. The van der Waals surface area contributed by atoms with Crippen LogP contribution in [0.3, 0.4) is 0 Å². The number of benzene rings is 2. The Morgan fingerprint density at radius 2 is 1.88 bits per heavy atom. The van der Waals surface area contributed by atoms with Gasteiger partial charge in [-0.3, -0.25) is 0 Å². The summed E-state index contributed by atoms with van der Waals surface area (Å²) in [4.78, 5) is 12.2. The molecular formula is C19H23N3O3. The molecule has 0 bridgehead atoms. The van der Waals surface area contributed by atoms with Gasteiger partial charge in [0.2, 0.25) is 0 Å². The van der Waals surface area contributed by atoms with E-state index in [1.165, 1.54) is 6.20 Å². The fourth-order valence-corrected chi connectivity index (χ4v) is 2.36. The minimum absolute atomic E-state index is 0.334. The molecule has 0 aromatic heterocycles. The lowest BCUT2D eigenvalue weighted by atomic mass is 10.1. The van der Waals surface area contributed by atoms with Crippen molar-refractivity contribution in [2.24, 2.45) is 5.73 Å². The molecule has 0 saturated carbocycles. The Morgan fingerprint density at radius 1 is 1.16 bits per heavy atom. The Labute approximate surface area is 147 Å². The smallest absolute Gasteiger partial charge is 0.323 e. The number of hydrogen-bond donors (Lipinski definition) is 3. The molecule has 0 aliphatic rings. The van der Waals surface area contributed by atoms with Gasteiger partial charge in [0, 0.05) is 23.6 Å². The summed E-state index contributed by atoms with van der Waals surface area (Å²) in [6.07, 6.45) is 1.39. The lowest BCUT2D eigenvalue weighted by Crippen LogP contribution is -2.19. The van der Waals surface area contributed by atoms with Gasteiger partial charge in [-0.05, 0) is 43.7 Å². The maximum atomic E-state index is 12.2. The molecule has 0 radical (unpaired) electrons. The van der Waals surface area contributed by atoms with E-state index in [0.29, 0.717) is 23.8 Å². The van der Waals surface area contributed by atoms with E-state index in [1.807, 2.05) is 38.1 Å². The summed E-state index contributed by atoms with van der Waals surface area (Å²) in [7, 11) is 1.55. The Kier molecular flexibility index (Phi) is 6.28. The summed E-state index contributed by atoms with van der Waals surface area (Å²) >= 11 is 0. The van der Waals surface area contributed by atoms with Gasteiger partial charge in [-0.1, -0.05) is 12.1 Å². The normalized spacial score (nSPS) is 10.9. The molecule has 0 aliphatic carbocycles. The van der Waals surface area contributed by atoms with Crippen LogP contribution in [-0.2, 0) is 4.74 Å². The number of hydrogen-bond acceptors (Lipinski definition) is 4. The largest absolute Gasteiger partial charge is 0.496 e. The van der Waals surface area contributed by atoms with Crippen molar-refractivity contribution in [3.05, 3.63) is 59.8 Å². The minimum atomic E-state index is -0.334. The monoisotopic (exact) mass is 341 g/mol. The van der Waals surface area contributed by atoms with Gasteiger partial charge in [0.05, 0.1) is 19.3 Å². The van der Waals surface area contributed by atoms with E-state index in [2.05, 4.69) is 10.6 Å². The maximum Gasteiger partial charge on any atom is 0.323 e. The van der Waals surface area contributed by atoms with Gasteiger partial charge >= 0.3 is 6.03 Å². The molecule has 0 aliphatic heterocycles. The SMILES string of the molecule is CCO/C(=C\N)c1ccc(NC(=O)Nc2cccc(C)c2)cc1OC. The number of anilines is 2. The van der Waals surface area contributed by atoms with Crippen LogP contribution in [0.25, 0.3) is 5.76 Å². The van der Waals surface area contributed by atoms with Gasteiger partial charge in [0.25, 0.3) is 0 Å². The van der Waals surface area contributed by atoms with Crippen LogP contribution < -0.4 is 21.1 Å². The topological polar surface area (TPSA) is 85.6 Å². The summed E-state index contributed by atoms with van der Waals surface area (Å²) in [5.41, 5.74) is 8.72. The van der Waals surface area contributed by atoms with Gasteiger partial charge in [0.1, 0.15) is 11.5 Å². The van der Waals surface area contributed by atoms with Crippen LogP contribution in [0.1, 0.15) is 18.1 Å². The molecule has 2 aromatic carbocycles. The Morgan fingerprint density at radius 3 is 2.48 bits per heavy atom. The first kappa shape index (κ1) is 18.2. The summed E-state index contributed by atoms with van der Waals surface area (Å²) in [5.74, 6) is 1.08. The van der Waals surface area contributed by atoms with Gasteiger partial charge in [-0.15, -0.1) is 0 Å². The molecule has 2 rings (SSSR count). The lowest BCUT2D eigenvalue weighted by Gasteiger charge is -2.14. The van der Waals surface area contributed by atoms with E-state index in [4.69, 9.17) is 15.2 Å². The molecule has 0 heterocycles. The van der Waals surface area contributed by atoms with Gasteiger partial charge in [-0.2, -0.15) is 0 Å². The molecule has 0 atom stereocenters. The standard InChI is InChI=1S/C19H23N3O3/c1-4-25-18(12-20)16-9-8-15(11-17(16)24-3)22-19(23)21-14-7-5-6-13(2)10-14/h5-12H,4,20H2,1-3H3,(H2,21,22,23)/b18-12-. The first-order valence-electron chi connectivity index (χ1n) is 7.95. The number of urea groups is 1. The average molecular weight is 341 g/mol. The van der Waals surface area contributed by atoms with E-state index < -0.39 is 0 Å². The molecule has 0 fully saturated rings. The van der Waals surface area contributed by atoms with Crippen LogP contribution in [0.4, 0.5) is 16.2 Å². The zero-order valence-electron chi connectivity index (χ0n) is 14.6. The second-order valence-electron chi connectivity index (χ2n) is 5.33. The van der Waals surface area contributed by atoms with Crippen molar-refractivity contribution >= 4 is 23.2 Å². The summed E-state index contributed by atoms with van der Waals surface area (Å²) in [6, 6.07) is 12.5. The van der Waals surface area contributed by atoms with E-state index in [9.17, 15) is 4.79 Å². The Bertz CT molecular complexity index is 772. The van der Waals surface area contributed by atoms with Crippen LogP contribution >= 0.6 is 0 Å². The lowest BCUT2D eigenvalue weighted by molar-refractivity contribution is 0.262. The zero-order chi connectivity index (χ0) is 18.2. The highest BCUT2D eigenvalue weighted by Gasteiger charge is 2.12. The second kappa shape index (κ2) is 8.63. The third-order valence-electron chi connectivity index (χ3n) is 3.45. The van der Waals surface area contributed by atoms with Crippen molar-refractivity contribution < 1.29 is 14.3 Å². The number of carbonyl (C=O) groups excluding carboxylic acids is 1. The number of nitrogens with one attached hydrogen (secondary N) is 2. The third kappa shape index (κ3) is 4.91. The van der Waals surface area contributed by atoms with Crippen molar-refractivity contribution in [2.45, 2.75) is 13.8 Å². The summed E-state index contributed by atoms with van der Waals surface area (Å²) < 4.78 is 10.9. The van der Waals surface area contributed by atoms with Gasteiger partial charge in [0.15, 0.2) is 0 Å². The van der Waals surface area contributed by atoms with Crippen LogP contribution in [0.2, 0.25) is 0 Å². The third-order valence-corrected chi connectivity index (χ3v) is 3.45. The number of rotatable bonds is 6. The Balaban J connectivity index is 2.13. The fourth-order valence-electron chi connectivity index (χ4n) is 2.36. The quantitative estimate of drug-likeness (QED) is 0.695. The molecule has 0 spiro atoms. The predicted molar refractivity (Wildman–Crippen MR) is 101 cm³/mol. The van der Waals surface area contributed by atoms with Crippen molar-refractivity contribution in [3.8, 4) is 5.75 Å². The molecule has 6 heteroatoms. The van der Waals surface area contributed by atoms with Gasteiger partial charge < -0.3 is 25.8 Å². The highest BCUT2D eigenvalue weighted by atomic mass is 16.5. The van der Waals surface area contributed by atoms with E-state index >= 15 is 0 Å². The van der Waals surface area contributed by atoms with E-state index in [-0.39, 0.29) is 6.03 Å². The van der Waals surface area contributed by atoms with Crippen LogP contribution in [0, 0.1) is 6.92 Å². The molecule has 4 N–H and O–H groups in total. The van der Waals surface area contributed by atoms with Crippen LogP contribution in [0.5, 0.6) is 5.75 Å². The average Bonchev–Trinajstić information content (AvgIpc) is 2.59. The van der Waals surface area contributed by atoms with Crippen molar-refractivity contribution in [2.75, 3.05) is 24.4 Å². The molecule has 2 amide bonds. The van der Waals surface area contributed by atoms with Gasteiger partial charge in [-0.25, -0.2) is 4.79 Å². The molecule has 0 saturated heterocycles. The van der Waals surface area contributed by atoms with Crippen molar-refractivity contribution in [3.63, 3.8) is 0 Å². The maximum absolute atomic E-state index is 12.2. The minimum Gasteiger partial charge on any atom is -0.496 e. The predicted octanol–water partition coefficient (Wildman–Crippen LogP) is 3.94. The molecule has 132 valence electrons. The number of nitrogens with two attached hydrogens (primary N) is 1. The summed E-state index contributed by atoms with van der Waals surface area (Å²) in [5, 5.41) is 5.57. The molecular weight excluding hydrogens is 318 g/mol. The number of ether oxygens (including phenoxy) is 2. The summed E-state index contributed by atoms with van der Waals surface area (Å²) in [6.45, 7) is 4.33. The molecule has 2 aromatic rings. The van der Waals surface area contributed by atoms with E-state index in [1.54, 1.807) is 25.3 Å². The molecule has 6 nitrogen and oxygen atoms in total. The number of carbonyl (C=O) groups is 1. The first-order chi connectivity index (χ1) is 12.1. The highest BCUT2D eigenvalue weighted by Crippen LogP contribution is 2.29. The first-order valence-corrected chi connectivity index (χ1v) is 7.95. The number of aryl methyl sites for hydroxylation is 1. The Hall–Kier alpha value is -3.15. The van der Waals surface area contributed by atoms with Crippen LogP contribution in [0.15, 0.2) is 48.7 Å². The number of methoxy groups -OCH3 is 1. The van der Waals surface area contributed by atoms with E-state index in [0.717, 1.165) is 16.8 Å². The van der Waals surface area contributed by atoms with Crippen molar-refractivity contribution in [1.82, 2.24) is 0 Å². The highest BCUT2D eigenvalue weighted by molar-refractivity contribution is 6.00. The van der Waals surface area contributed by atoms with Crippen molar-refractivity contribution in [1.29, 1.82) is 0 Å². The fraction of sp³-hybridized carbons (Fsp3) is 0.211. The number of amides is 2. The molecule has 25 heavy (non-hydrogen) atoms. The van der Waals surface area contributed by atoms with Crippen LogP contribution in [-0.4, -0.2) is 19.7 Å². The molecule has 0 unspecified atom stereocenters. The second-order valence-corrected chi connectivity index (χ2v) is 5.33.